The summed E-state index contributed by atoms with van der Waals surface area (Å²) < 4.78 is 47.1. The third-order valence-electron chi connectivity index (χ3n) is 6.05. The molecule has 0 atom stereocenters. The van der Waals surface area contributed by atoms with Gasteiger partial charge in [0, 0.05) is 29.6 Å². The first kappa shape index (κ1) is 26.5. The van der Waals surface area contributed by atoms with Crippen molar-refractivity contribution in [3.8, 4) is 17.4 Å². The molecule has 0 saturated heterocycles. The number of carbonyl (C=O) groups is 2. The van der Waals surface area contributed by atoms with E-state index >= 15 is 0 Å². The summed E-state index contributed by atoms with van der Waals surface area (Å²) in [6.07, 6.45) is -1.86. The monoisotopic (exact) mass is 548 g/mol. The zero-order valence-electron chi connectivity index (χ0n) is 20.9. The van der Waals surface area contributed by atoms with Crippen LogP contribution in [0, 0.1) is 0 Å². The van der Waals surface area contributed by atoms with E-state index in [1.54, 1.807) is 41.3 Å². The number of alkyl halides is 3. The summed E-state index contributed by atoms with van der Waals surface area (Å²) in [5, 5.41) is 5.19. The molecule has 0 unspecified atom stereocenters. The molecule has 3 aromatic carbocycles. The Hall–Kier alpha value is -5.06. The Kier molecular flexibility index (Phi) is 7.54. The van der Waals surface area contributed by atoms with Gasteiger partial charge in [-0.05, 0) is 73.5 Å². The van der Waals surface area contributed by atoms with Crippen LogP contribution in [0.4, 0.5) is 35.0 Å². The first-order valence-electron chi connectivity index (χ1n) is 12.3. The van der Waals surface area contributed by atoms with E-state index in [4.69, 9.17) is 4.74 Å². The van der Waals surface area contributed by atoms with Crippen LogP contribution in [0.1, 0.15) is 22.3 Å². The number of aromatic nitrogens is 1. The zero-order chi connectivity index (χ0) is 28.1. The second kappa shape index (κ2) is 11.4. The van der Waals surface area contributed by atoms with Crippen LogP contribution in [0.5, 0.6) is 17.4 Å². The predicted octanol–water partition coefficient (Wildman–Crippen LogP) is 7.01. The molecule has 8 nitrogen and oxygen atoms in total. The second-order valence-corrected chi connectivity index (χ2v) is 8.79. The highest BCUT2D eigenvalue weighted by molar-refractivity contribution is 6.07. The van der Waals surface area contributed by atoms with Gasteiger partial charge in [-0.2, -0.15) is 0 Å². The van der Waals surface area contributed by atoms with Crippen molar-refractivity contribution >= 4 is 29.0 Å². The molecular formula is C29H23F3N4O4. The highest BCUT2D eigenvalue weighted by Gasteiger charge is 2.31. The van der Waals surface area contributed by atoms with Crippen molar-refractivity contribution in [2.45, 2.75) is 19.2 Å². The molecule has 4 aromatic rings. The lowest BCUT2D eigenvalue weighted by atomic mass is 9.99. The standard InChI is InChI=1S/C29H23F3N4O4/c30-29(31,32)40-21-15-13-20(14-16-21)34-28(38)35-23-10-5-17-33-26(23)39-25-12-4-11-24-22(25)9-6-18-36(24)27(37)19-7-2-1-3-8-19/h1-5,7-8,10-17H,6,9,18H2,(H2,34,35,38). The van der Waals surface area contributed by atoms with Crippen LogP contribution in [-0.2, 0) is 6.42 Å². The molecule has 1 aromatic heterocycles. The first-order valence-corrected chi connectivity index (χ1v) is 12.3. The number of hydrogen-bond donors (Lipinski definition) is 2. The van der Waals surface area contributed by atoms with Gasteiger partial charge >= 0.3 is 12.4 Å². The molecule has 2 heterocycles. The molecule has 11 heteroatoms. The van der Waals surface area contributed by atoms with Crippen molar-refractivity contribution in [2.75, 3.05) is 22.1 Å². The van der Waals surface area contributed by atoms with E-state index in [0.29, 0.717) is 24.3 Å². The van der Waals surface area contributed by atoms with E-state index in [0.717, 1.165) is 29.8 Å². The molecule has 0 bridgehead atoms. The number of halogens is 3. The minimum atomic E-state index is -4.81. The molecule has 0 fully saturated rings. The van der Waals surface area contributed by atoms with Gasteiger partial charge in [0.2, 0.25) is 5.88 Å². The van der Waals surface area contributed by atoms with Crippen LogP contribution in [0.25, 0.3) is 0 Å². The number of amides is 3. The fraction of sp³-hybridized carbons (Fsp3) is 0.138. The van der Waals surface area contributed by atoms with Gasteiger partial charge in [0.1, 0.15) is 17.2 Å². The minimum absolute atomic E-state index is 0.103. The Labute approximate surface area is 227 Å². The molecule has 0 saturated carbocycles. The molecular weight excluding hydrogens is 525 g/mol. The second-order valence-electron chi connectivity index (χ2n) is 8.79. The quantitative estimate of drug-likeness (QED) is 0.270. The number of anilines is 3. The number of hydrogen-bond acceptors (Lipinski definition) is 5. The van der Waals surface area contributed by atoms with Gasteiger partial charge in [-0.1, -0.05) is 24.3 Å². The highest BCUT2D eigenvalue weighted by Crippen LogP contribution is 2.38. The fourth-order valence-electron chi connectivity index (χ4n) is 4.33. The summed E-state index contributed by atoms with van der Waals surface area (Å²) in [4.78, 5) is 31.8. The number of urea groups is 1. The van der Waals surface area contributed by atoms with Gasteiger partial charge in [-0.15, -0.1) is 13.2 Å². The van der Waals surface area contributed by atoms with Crippen LogP contribution in [0.15, 0.2) is 91.1 Å². The Balaban J connectivity index is 1.31. The number of fused-ring (bicyclic) bond motifs is 1. The largest absolute Gasteiger partial charge is 0.573 e. The molecule has 204 valence electrons. The summed E-state index contributed by atoms with van der Waals surface area (Å²) in [7, 11) is 0. The van der Waals surface area contributed by atoms with Gasteiger partial charge in [0.25, 0.3) is 5.91 Å². The SMILES string of the molecule is O=C(Nc1ccc(OC(F)(F)F)cc1)Nc1cccnc1Oc1cccc2c1CCCN2C(=O)c1ccccc1. The molecule has 0 spiro atoms. The molecule has 0 radical (unpaired) electrons. The third kappa shape index (κ3) is 6.32. The average molecular weight is 549 g/mol. The number of pyridine rings is 1. The first-order chi connectivity index (χ1) is 19.3. The van der Waals surface area contributed by atoms with E-state index in [2.05, 4.69) is 20.4 Å². The molecule has 1 aliphatic heterocycles. The van der Waals surface area contributed by atoms with Crippen LogP contribution >= 0.6 is 0 Å². The van der Waals surface area contributed by atoms with Gasteiger partial charge in [-0.3, -0.25) is 4.79 Å². The molecule has 5 rings (SSSR count). The summed E-state index contributed by atoms with van der Waals surface area (Å²) in [6, 6.07) is 21.8. The van der Waals surface area contributed by atoms with Crippen molar-refractivity contribution in [3.05, 3.63) is 102 Å². The van der Waals surface area contributed by atoms with Crippen LogP contribution in [0.3, 0.4) is 0 Å². The summed E-state index contributed by atoms with van der Waals surface area (Å²) in [6.45, 7) is 0.573. The maximum absolute atomic E-state index is 13.2. The Morgan fingerprint density at radius 2 is 1.65 bits per heavy atom. The number of rotatable bonds is 6. The molecule has 40 heavy (non-hydrogen) atoms. The Morgan fingerprint density at radius 1 is 0.875 bits per heavy atom. The van der Waals surface area contributed by atoms with E-state index in [1.807, 2.05) is 24.3 Å². The van der Waals surface area contributed by atoms with Crippen molar-refractivity contribution in [1.29, 1.82) is 0 Å². The van der Waals surface area contributed by atoms with Crippen molar-refractivity contribution < 1.29 is 32.2 Å². The topological polar surface area (TPSA) is 92.8 Å². The lowest BCUT2D eigenvalue weighted by Crippen LogP contribution is -2.35. The molecule has 3 amide bonds. The average Bonchev–Trinajstić information content (AvgIpc) is 2.94. The maximum Gasteiger partial charge on any atom is 0.573 e. The minimum Gasteiger partial charge on any atom is -0.437 e. The van der Waals surface area contributed by atoms with Gasteiger partial charge < -0.3 is 25.0 Å². The van der Waals surface area contributed by atoms with Crippen LogP contribution in [0.2, 0.25) is 0 Å². The molecule has 1 aliphatic rings. The number of nitrogens with zero attached hydrogens (tertiary/aromatic N) is 2. The van der Waals surface area contributed by atoms with Gasteiger partial charge in [0.05, 0.1) is 5.69 Å². The Morgan fingerprint density at radius 3 is 2.40 bits per heavy atom. The van der Waals surface area contributed by atoms with Crippen molar-refractivity contribution in [2.24, 2.45) is 0 Å². The summed E-state index contributed by atoms with van der Waals surface area (Å²) in [5.74, 6) is 0.127. The van der Waals surface area contributed by atoms with E-state index < -0.39 is 18.1 Å². The zero-order valence-corrected chi connectivity index (χ0v) is 20.9. The molecule has 0 aliphatic carbocycles. The number of nitrogens with one attached hydrogen (secondary N) is 2. The van der Waals surface area contributed by atoms with Crippen LogP contribution in [-0.4, -0.2) is 29.8 Å². The molecule has 2 N–H and O–H groups in total. The number of ether oxygens (including phenoxy) is 2. The van der Waals surface area contributed by atoms with Crippen LogP contribution < -0.4 is 25.0 Å². The lowest BCUT2D eigenvalue weighted by molar-refractivity contribution is -0.274. The number of carbonyl (C=O) groups excluding carboxylic acids is 2. The van der Waals surface area contributed by atoms with E-state index in [9.17, 15) is 22.8 Å². The van der Waals surface area contributed by atoms with Gasteiger partial charge in [0.15, 0.2) is 0 Å². The predicted molar refractivity (Wildman–Crippen MR) is 143 cm³/mol. The van der Waals surface area contributed by atoms with E-state index in [-0.39, 0.29) is 23.2 Å². The Bertz CT molecular complexity index is 1510. The highest BCUT2D eigenvalue weighted by atomic mass is 19.4. The third-order valence-corrected chi connectivity index (χ3v) is 6.05. The normalized spacial score (nSPS) is 12.7. The smallest absolute Gasteiger partial charge is 0.437 e. The van der Waals surface area contributed by atoms with Crippen molar-refractivity contribution in [3.63, 3.8) is 0 Å². The maximum atomic E-state index is 13.2. The van der Waals surface area contributed by atoms with Crippen molar-refractivity contribution in [1.82, 2.24) is 4.98 Å². The van der Waals surface area contributed by atoms with E-state index in [1.165, 1.54) is 18.3 Å². The number of benzene rings is 3. The fourth-order valence-corrected chi connectivity index (χ4v) is 4.33. The lowest BCUT2D eigenvalue weighted by Gasteiger charge is -2.30. The summed E-state index contributed by atoms with van der Waals surface area (Å²) in [5.41, 5.74) is 2.70. The summed E-state index contributed by atoms with van der Waals surface area (Å²) >= 11 is 0. The van der Waals surface area contributed by atoms with Gasteiger partial charge in [-0.25, -0.2) is 9.78 Å².